The summed E-state index contributed by atoms with van der Waals surface area (Å²) in [7, 11) is 0. The van der Waals surface area contributed by atoms with Gasteiger partial charge in [0.15, 0.2) is 0 Å². The Morgan fingerprint density at radius 1 is 1.54 bits per heavy atom. The fourth-order valence-corrected chi connectivity index (χ4v) is 1.60. The summed E-state index contributed by atoms with van der Waals surface area (Å²) < 4.78 is 0. The highest BCUT2D eigenvalue weighted by Gasteiger charge is 2.16. The number of hydrogen-bond donors (Lipinski definition) is 2. The van der Waals surface area contributed by atoms with Crippen molar-refractivity contribution in [3.05, 3.63) is 23.8 Å². The van der Waals surface area contributed by atoms with Gasteiger partial charge >= 0.3 is 0 Å². The van der Waals surface area contributed by atoms with Crippen LogP contribution in [-0.4, -0.2) is 17.4 Å². The summed E-state index contributed by atoms with van der Waals surface area (Å²) >= 11 is 0. The van der Waals surface area contributed by atoms with Gasteiger partial charge in [0.1, 0.15) is 12.0 Å². The zero-order valence-corrected chi connectivity index (χ0v) is 7.16. The molecule has 1 heterocycles. The van der Waals surface area contributed by atoms with Crippen LogP contribution in [0.4, 0.5) is 5.69 Å². The minimum absolute atomic E-state index is 0.103. The molecule has 1 aliphatic heterocycles. The number of aldehydes is 1. The SMILES string of the molecule is O=CC1CCc2ccc(O)cc2N1. The fourth-order valence-electron chi connectivity index (χ4n) is 1.60. The Morgan fingerprint density at radius 3 is 3.15 bits per heavy atom. The van der Waals surface area contributed by atoms with Crippen molar-refractivity contribution in [1.82, 2.24) is 0 Å². The van der Waals surface area contributed by atoms with Crippen LogP contribution < -0.4 is 5.32 Å². The maximum Gasteiger partial charge on any atom is 0.142 e. The van der Waals surface area contributed by atoms with E-state index in [4.69, 9.17) is 0 Å². The van der Waals surface area contributed by atoms with E-state index in [9.17, 15) is 9.90 Å². The van der Waals surface area contributed by atoms with Crippen molar-refractivity contribution in [2.45, 2.75) is 18.9 Å². The van der Waals surface area contributed by atoms with Crippen LogP contribution in [0.1, 0.15) is 12.0 Å². The predicted octanol–water partition coefficient (Wildman–Crippen LogP) is 1.32. The molecule has 0 aromatic heterocycles. The first kappa shape index (κ1) is 8.10. The number of phenols is 1. The topological polar surface area (TPSA) is 49.3 Å². The summed E-state index contributed by atoms with van der Waals surface area (Å²) in [4.78, 5) is 10.5. The van der Waals surface area contributed by atoms with Gasteiger partial charge in [0.05, 0.1) is 6.04 Å². The van der Waals surface area contributed by atoms with Crippen molar-refractivity contribution < 1.29 is 9.90 Å². The number of carbonyl (C=O) groups excluding carboxylic acids is 1. The first-order valence-corrected chi connectivity index (χ1v) is 4.33. The fraction of sp³-hybridized carbons (Fsp3) is 0.300. The van der Waals surface area contributed by atoms with Crippen molar-refractivity contribution >= 4 is 12.0 Å². The number of aromatic hydroxyl groups is 1. The first-order valence-electron chi connectivity index (χ1n) is 4.33. The Hall–Kier alpha value is -1.51. The lowest BCUT2D eigenvalue weighted by Crippen LogP contribution is -2.26. The van der Waals surface area contributed by atoms with Gasteiger partial charge in [-0.15, -0.1) is 0 Å². The lowest BCUT2D eigenvalue weighted by Gasteiger charge is -2.22. The minimum atomic E-state index is -0.103. The zero-order chi connectivity index (χ0) is 9.26. The molecular weight excluding hydrogens is 166 g/mol. The van der Waals surface area contributed by atoms with Crippen LogP contribution >= 0.6 is 0 Å². The Labute approximate surface area is 76.4 Å². The largest absolute Gasteiger partial charge is 0.508 e. The molecule has 1 aromatic carbocycles. The highest BCUT2D eigenvalue weighted by atomic mass is 16.3. The number of carbonyl (C=O) groups is 1. The molecule has 1 aliphatic rings. The third kappa shape index (κ3) is 1.49. The molecule has 0 radical (unpaired) electrons. The summed E-state index contributed by atoms with van der Waals surface area (Å²) in [6.45, 7) is 0. The molecule has 68 valence electrons. The molecule has 2 N–H and O–H groups in total. The number of phenolic OH excluding ortho intramolecular Hbond substituents is 1. The second-order valence-corrected chi connectivity index (χ2v) is 3.27. The molecule has 2 rings (SSSR count). The average molecular weight is 177 g/mol. The van der Waals surface area contributed by atoms with Crippen LogP contribution in [0.3, 0.4) is 0 Å². The van der Waals surface area contributed by atoms with Crippen molar-refractivity contribution in [3.8, 4) is 5.75 Å². The molecule has 0 saturated carbocycles. The van der Waals surface area contributed by atoms with E-state index in [2.05, 4.69) is 5.32 Å². The van der Waals surface area contributed by atoms with E-state index in [-0.39, 0.29) is 11.8 Å². The lowest BCUT2D eigenvalue weighted by atomic mass is 9.99. The normalized spacial score (nSPS) is 20.2. The van der Waals surface area contributed by atoms with E-state index in [1.54, 1.807) is 12.1 Å². The van der Waals surface area contributed by atoms with E-state index in [0.717, 1.165) is 30.4 Å². The lowest BCUT2D eigenvalue weighted by molar-refractivity contribution is -0.108. The van der Waals surface area contributed by atoms with Crippen LogP contribution in [0.2, 0.25) is 0 Å². The van der Waals surface area contributed by atoms with Gasteiger partial charge in [0.25, 0.3) is 0 Å². The van der Waals surface area contributed by atoms with Gasteiger partial charge in [-0.1, -0.05) is 6.07 Å². The zero-order valence-electron chi connectivity index (χ0n) is 7.16. The summed E-state index contributed by atoms with van der Waals surface area (Å²) in [6.07, 6.45) is 2.64. The Balaban J connectivity index is 2.32. The van der Waals surface area contributed by atoms with E-state index in [1.165, 1.54) is 0 Å². The summed E-state index contributed by atoms with van der Waals surface area (Å²) in [5, 5.41) is 12.3. The molecule has 1 aromatic rings. The molecule has 0 spiro atoms. The minimum Gasteiger partial charge on any atom is -0.508 e. The molecule has 13 heavy (non-hydrogen) atoms. The second-order valence-electron chi connectivity index (χ2n) is 3.27. The number of aryl methyl sites for hydroxylation is 1. The van der Waals surface area contributed by atoms with Crippen molar-refractivity contribution in [3.63, 3.8) is 0 Å². The number of anilines is 1. The third-order valence-electron chi connectivity index (χ3n) is 2.32. The van der Waals surface area contributed by atoms with Crippen LogP contribution in [-0.2, 0) is 11.2 Å². The van der Waals surface area contributed by atoms with Gasteiger partial charge in [-0.3, -0.25) is 0 Å². The molecule has 3 heteroatoms. The highest BCUT2D eigenvalue weighted by molar-refractivity contribution is 5.68. The Bertz CT molecular complexity index is 336. The predicted molar refractivity (Wildman–Crippen MR) is 49.9 cm³/mol. The number of benzene rings is 1. The quantitative estimate of drug-likeness (QED) is 0.636. The average Bonchev–Trinajstić information content (AvgIpc) is 2.16. The van der Waals surface area contributed by atoms with Crippen molar-refractivity contribution in [2.75, 3.05) is 5.32 Å². The molecule has 1 atom stereocenters. The molecule has 3 nitrogen and oxygen atoms in total. The third-order valence-corrected chi connectivity index (χ3v) is 2.32. The highest BCUT2D eigenvalue weighted by Crippen LogP contribution is 2.27. The van der Waals surface area contributed by atoms with Crippen LogP contribution in [0, 0.1) is 0 Å². The summed E-state index contributed by atoms with van der Waals surface area (Å²) in [5.74, 6) is 0.234. The van der Waals surface area contributed by atoms with Gasteiger partial charge in [-0.2, -0.15) is 0 Å². The van der Waals surface area contributed by atoms with E-state index < -0.39 is 0 Å². The maximum absolute atomic E-state index is 10.5. The van der Waals surface area contributed by atoms with Gasteiger partial charge in [0, 0.05) is 11.8 Å². The van der Waals surface area contributed by atoms with E-state index in [0.29, 0.717) is 0 Å². The van der Waals surface area contributed by atoms with Gasteiger partial charge in [0.2, 0.25) is 0 Å². The molecule has 0 bridgehead atoms. The van der Waals surface area contributed by atoms with E-state index >= 15 is 0 Å². The Morgan fingerprint density at radius 2 is 2.38 bits per heavy atom. The van der Waals surface area contributed by atoms with Gasteiger partial charge in [-0.05, 0) is 24.5 Å². The monoisotopic (exact) mass is 177 g/mol. The van der Waals surface area contributed by atoms with Gasteiger partial charge < -0.3 is 15.2 Å². The molecule has 0 saturated heterocycles. The van der Waals surface area contributed by atoms with Crippen molar-refractivity contribution in [1.29, 1.82) is 0 Å². The molecule has 0 amide bonds. The standard InChI is InChI=1S/C10H11NO2/c12-6-8-3-1-7-2-4-9(13)5-10(7)11-8/h2,4-6,8,11,13H,1,3H2. The number of rotatable bonds is 1. The maximum atomic E-state index is 10.5. The molecule has 0 fully saturated rings. The van der Waals surface area contributed by atoms with Gasteiger partial charge in [-0.25, -0.2) is 0 Å². The summed E-state index contributed by atoms with van der Waals surface area (Å²) in [5.41, 5.74) is 2.04. The number of hydrogen-bond acceptors (Lipinski definition) is 3. The van der Waals surface area contributed by atoms with Crippen molar-refractivity contribution in [2.24, 2.45) is 0 Å². The molecule has 0 aliphatic carbocycles. The molecular formula is C10H11NO2. The van der Waals surface area contributed by atoms with Crippen LogP contribution in [0.15, 0.2) is 18.2 Å². The second kappa shape index (κ2) is 3.09. The number of nitrogens with one attached hydrogen (secondary N) is 1. The Kier molecular flexibility index (Phi) is 1.93. The van der Waals surface area contributed by atoms with Crippen LogP contribution in [0.25, 0.3) is 0 Å². The van der Waals surface area contributed by atoms with E-state index in [1.807, 2.05) is 6.07 Å². The summed E-state index contributed by atoms with van der Waals surface area (Å²) in [6, 6.07) is 5.11. The first-order chi connectivity index (χ1) is 6.29. The molecule has 1 unspecified atom stereocenters. The number of fused-ring (bicyclic) bond motifs is 1. The smallest absolute Gasteiger partial charge is 0.142 e. The van der Waals surface area contributed by atoms with Crippen LogP contribution in [0.5, 0.6) is 5.75 Å².